The summed E-state index contributed by atoms with van der Waals surface area (Å²) >= 11 is 1.69. The largest absolute Gasteiger partial charge is 0.391 e. The number of carbonyl (C=O) groups is 2. The molecule has 0 aliphatic carbocycles. The van der Waals surface area contributed by atoms with Gasteiger partial charge in [-0.2, -0.15) is 0 Å². The maximum Gasteiger partial charge on any atom is 0.223 e. The third kappa shape index (κ3) is 4.65. The van der Waals surface area contributed by atoms with E-state index < -0.39 is 6.10 Å². The molecule has 6 heteroatoms. The van der Waals surface area contributed by atoms with Gasteiger partial charge in [0.2, 0.25) is 11.8 Å². The number of thiophene rings is 1. The van der Waals surface area contributed by atoms with Crippen LogP contribution in [0.4, 0.5) is 0 Å². The van der Waals surface area contributed by atoms with Gasteiger partial charge in [-0.1, -0.05) is 12.8 Å². The van der Waals surface area contributed by atoms with Crippen molar-refractivity contribution in [2.24, 2.45) is 0 Å². The Morgan fingerprint density at radius 1 is 1.08 bits per heavy atom. The summed E-state index contributed by atoms with van der Waals surface area (Å²) in [5, 5.41) is 12.6. The SMILES string of the molecule is Cc1ccsc1[C@@H]1CCN(C(=O)CCC(=O)N2CCCCCC2)C[C@H]1O. The van der Waals surface area contributed by atoms with Crippen LogP contribution in [-0.4, -0.2) is 59.0 Å². The van der Waals surface area contributed by atoms with Crippen LogP contribution in [0.3, 0.4) is 0 Å². The van der Waals surface area contributed by atoms with Gasteiger partial charge in [-0.05, 0) is 43.2 Å². The van der Waals surface area contributed by atoms with Gasteiger partial charge < -0.3 is 14.9 Å². The molecule has 1 aromatic heterocycles. The number of hydrogen-bond donors (Lipinski definition) is 1. The first-order valence-corrected chi connectivity index (χ1v) is 10.7. The second-order valence-electron chi connectivity index (χ2n) is 7.57. The normalized spacial score (nSPS) is 24.4. The Hall–Kier alpha value is -1.40. The summed E-state index contributed by atoms with van der Waals surface area (Å²) in [5.74, 6) is 0.219. The molecule has 1 N–H and O–H groups in total. The predicted molar refractivity (Wildman–Crippen MR) is 103 cm³/mol. The van der Waals surface area contributed by atoms with Crippen LogP contribution in [0.5, 0.6) is 0 Å². The quantitative estimate of drug-likeness (QED) is 0.876. The van der Waals surface area contributed by atoms with E-state index in [1.807, 2.05) is 4.90 Å². The Kier molecular flexibility index (Phi) is 6.70. The van der Waals surface area contributed by atoms with Gasteiger partial charge >= 0.3 is 0 Å². The standard InChI is InChI=1S/C20H30N2O3S/c1-15-9-13-26-20(15)16-8-12-22(14-17(16)23)19(25)7-6-18(24)21-10-4-2-3-5-11-21/h9,13,16-17,23H,2-8,10-12,14H2,1H3/t16-,17-/m1/s1. The molecule has 26 heavy (non-hydrogen) atoms. The molecule has 0 bridgehead atoms. The molecule has 3 heterocycles. The molecule has 2 atom stereocenters. The molecule has 0 saturated carbocycles. The molecule has 2 saturated heterocycles. The third-order valence-corrected chi connectivity index (χ3v) is 6.84. The Morgan fingerprint density at radius 2 is 1.73 bits per heavy atom. The average Bonchev–Trinajstić information content (AvgIpc) is 2.89. The molecule has 0 spiro atoms. The molecule has 5 nitrogen and oxygen atoms in total. The van der Waals surface area contributed by atoms with Crippen LogP contribution in [0.1, 0.15) is 61.3 Å². The van der Waals surface area contributed by atoms with Crippen LogP contribution in [-0.2, 0) is 9.59 Å². The van der Waals surface area contributed by atoms with Crippen LogP contribution in [0.15, 0.2) is 11.4 Å². The van der Waals surface area contributed by atoms with Gasteiger partial charge in [0.1, 0.15) is 0 Å². The molecule has 2 fully saturated rings. The van der Waals surface area contributed by atoms with Crippen LogP contribution in [0, 0.1) is 6.92 Å². The van der Waals surface area contributed by atoms with Crippen molar-refractivity contribution < 1.29 is 14.7 Å². The minimum Gasteiger partial charge on any atom is -0.391 e. The summed E-state index contributed by atoms with van der Waals surface area (Å²) in [7, 11) is 0. The first kappa shape index (κ1) is 19.4. The van der Waals surface area contributed by atoms with Crippen molar-refractivity contribution in [1.29, 1.82) is 0 Å². The lowest BCUT2D eigenvalue weighted by Crippen LogP contribution is -2.46. The molecule has 2 aliphatic heterocycles. The highest BCUT2D eigenvalue weighted by Gasteiger charge is 2.32. The summed E-state index contributed by atoms with van der Waals surface area (Å²) in [5.41, 5.74) is 1.22. The van der Waals surface area contributed by atoms with E-state index in [-0.39, 0.29) is 24.2 Å². The number of β-amino-alcohol motifs (C(OH)–C–C–N with tert-alkyl or cyclic N) is 1. The minimum atomic E-state index is -0.522. The van der Waals surface area contributed by atoms with Crippen LogP contribution in [0.25, 0.3) is 0 Å². The van der Waals surface area contributed by atoms with E-state index in [1.165, 1.54) is 23.3 Å². The maximum absolute atomic E-state index is 12.5. The molecule has 1 aromatic rings. The summed E-state index contributed by atoms with van der Waals surface area (Å²) in [6, 6.07) is 2.08. The number of aliphatic hydroxyl groups excluding tert-OH is 1. The Morgan fingerprint density at radius 3 is 2.31 bits per heavy atom. The Labute approximate surface area is 160 Å². The van der Waals surface area contributed by atoms with Crippen molar-refractivity contribution >= 4 is 23.2 Å². The fraction of sp³-hybridized carbons (Fsp3) is 0.700. The Bertz CT molecular complexity index is 622. The number of rotatable bonds is 4. The van der Waals surface area contributed by atoms with Crippen LogP contribution < -0.4 is 0 Å². The number of amides is 2. The highest BCUT2D eigenvalue weighted by Crippen LogP contribution is 2.34. The molecular formula is C20H30N2O3S. The van der Waals surface area contributed by atoms with Gasteiger partial charge in [-0.3, -0.25) is 9.59 Å². The summed E-state index contributed by atoms with van der Waals surface area (Å²) < 4.78 is 0. The van der Waals surface area contributed by atoms with Crippen molar-refractivity contribution in [3.05, 3.63) is 21.9 Å². The zero-order chi connectivity index (χ0) is 18.5. The van der Waals surface area contributed by atoms with Crippen LogP contribution >= 0.6 is 11.3 Å². The first-order valence-electron chi connectivity index (χ1n) is 9.84. The van der Waals surface area contributed by atoms with E-state index in [9.17, 15) is 14.7 Å². The van der Waals surface area contributed by atoms with Gasteiger partial charge in [0.15, 0.2) is 0 Å². The van der Waals surface area contributed by atoms with Gasteiger partial charge in [0.25, 0.3) is 0 Å². The highest BCUT2D eigenvalue weighted by atomic mass is 32.1. The van der Waals surface area contributed by atoms with Gasteiger partial charge in [-0.25, -0.2) is 0 Å². The molecular weight excluding hydrogens is 348 g/mol. The van der Waals surface area contributed by atoms with E-state index in [2.05, 4.69) is 18.4 Å². The molecule has 2 aliphatic rings. The van der Waals surface area contributed by atoms with Crippen molar-refractivity contribution in [3.63, 3.8) is 0 Å². The summed E-state index contributed by atoms with van der Waals surface area (Å²) in [6.45, 7) is 4.77. The fourth-order valence-corrected chi connectivity index (χ4v) is 5.20. The van der Waals surface area contributed by atoms with E-state index in [0.29, 0.717) is 19.5 Å². The number of nitrogens with zero attached hydrogens (tertiary/aromatic N) is 2. The number of aliphatic hydroxyl groups is 1. The Balaban J connectivity index is 1.47. The van der Waals surface area contributed by atoms with E-state index >= 15 is 0 Å². The van der Waals surface area contributed by atoms with Crippen molar-refractivity contribution in [2.75, 3.05) is 26.2 Å². The zero-order valence-corrected chi connectivity index (χ0v) is 16.5. The number of likely N-dealkylation sites (tertiary alicyclic amines) is 2. The highest BCUT2D eigenvalue weighted by molar-refractivity contribution is 7.10. The molecule has 0 unspecified atom stereocenters. The second-order valence-corrected chi connectivity index (χ2v) is 8.51. The van der Waals surface area contributed by atoms with Gasteiger partial charge in [0.05, 0.1) is 6.10 Å². The summed E-state index contributed by atoms with van der Waals surface area (Å²) in [4.78, 5) is 29.8. The fourth-order valence-electron chi connectivity index (χ4n) is 4.08. The summed E-state index contributed by atoms with van der Waals surface area (Å²) in [6.07, 6.45) is 5.34. The lowest BCUT2D eigenvalue weighted by atomic mass is 9.90. The first-order chi connectivity index (χ1) is 12.6. The number of piperidine rings is 1. The number of carbonyl (C=O) groups excluding carboxylic acids is 2. The third-order valence-electron chi connectivity index (χ3n) is 5.68. The lowest BCUT2D eigenvalue weighted by molar-refractivity contribution is -0.139. The smallest absolute Gasteiger partial charge is 0.223 e. The second kappa shape index (κ2) is 9.00. The molecule has 0 radical (unpaired) electrons. The molecule has 0 aromatic carbocycles. The maximum atomic E-state index is 12.5. The van der Waals surface area contributed by atoms with E-state index in [4.69, 9.17) is 0 Å². The monoisotopic (exact) mass is 378 g/mol. The van der Waals surface area contributed by atoms with E-state index in [0.717, 1.165) is 32.4 Å². The van der Waals surface area contributed by atoms with Crippen molar-refractivity contribution in [1.82, 2.24) is 9.80 Å². The average molecular weight is 379 g/mol. The predicted octanol–water partition coefficient (Wildman–Crippen LogP) is 2.92. The molecule has 2 amide bonds. The van der Waals surface area contributed by atoms with Crippen LogP contribution in [0.2, 0.25) is 0 Å². The van der Waals surface area contributed by atoms with Crippen molar-refractivity contribution in [3.8, 4) is 0 Å². The van der Waals surface area contributed by atoms with Crippen molar-refractivity contribution in [2.45, 2.75) is 63.9 Å². The zero-order valence-electron chi connectivity index (χ0n) is 15.7. The topological polar surface area (TPSA) is 60.9 Å². The minimum absolute atomic E-state index is 0.00595. The van der Waals surface area contributed by atoms with Gasteiger partial charge in [0, 0.05) is 49.8 Å². The lowest BCUT2D eigenvalue weighted by Gasteiger charge is -2.36. The molecule has 3 rings (SSSR count). The number of aryl methyl sites for hydroxylation is 1. The van der Waals surface area contributed by atoms with E-state index in [1.54, 1.807) is 16.2 Å². The number of hydrogen-bond acceptors (Lipinski definition) is 4. The molecule has 144 valence electrons. The van der Waals surface area contributed by atoms with Gasteiger partial charge in [-0.15, -0.1) is 11.3 Å².